The molecule has 0 aliphatic carbocycles. The summed E-state index contributed by atoms with van der Waals surface area (Å²) in [5.74, 6) is -2.20. The number of carbonyl (C=O) groups excluding carboxylic acids is 4. The van der Waals surface area contributed by atoms with Gasteiger partial charge in [0.1, 0.15) is 0 Å². The molecule has 148 valence electrons. The Bertz CT molecular complexity index is 598. The molecular weight excluding hydrogens is 338 g/mol. The van der Waals surface area contributed by atoms with Gasteiger partial charge in [0, 0.05) is 6.92 Å². The van der Waals surface area contributed by atoms with E-state index in [4.69, 9.17) is 9.47 Å². The molecule has 1 saturated heterocycles. The van der Waals surface area contributed by atoms with Gasteiger partial charge in [-0.3, -0.25) is 19.2 Å². The van der Waals surface area contributed by atoms with Gasteiger partial charge in [0.05, 0.1) is 11.8 Å². The van der Waals surface area contributed by atoms with Gasteiger partial charge in [-0.25, -0.2) is 4.90 Å². The number of amides is 2. The van der Waals surface area contributed by atoms with Crippen LogP contribution in [0.3, 0.4) is 0 Å². The molecule has 7 heteroatoms. The zero-order valence-corrected chi connectivity index (χ0v) is 17.1. The van der Waals surface area contributed by atoms with Crippen molar-refractivity contribution in [3.8, 4) is 0 Å². The topological polar surface area (TPSA) is 90.0 Å². The van der Waals surface area contributed by atoms with Gasteiger partial charge in [0.15, 0.2) is 12.8 Å². The maximum Gasteiger partial charge on any atom is 0.312 e. The van der Waals surface area contributed by atoms with Gasteiger partial charge >= 0.3 is 11.9 Å². The van der Waals surface area contributed by atoms with Crippen LogP contribution in [0.15, 0.2) is 0 Å². The van der Waals surface area contributed by atoms with Crippen LogP contribution in [-0.4, -0.2) is 41.5 Å². The van der Waals surface area contributed by atoms with Crippen LogP contribution in [0.1, 0.15) is 68.2 Å². The Morgan fingerprint density at radius 2 is 1.62 bits per heavy atom. The minimum atomic E-state index is -0.908. The van der Waals surface area contributed by atoms with E-state index in [1.807, 2.05) is 48.5 Å². The second kappa shape index (κ2) is 7.37. The first-order valence-electron chi connectivity index (χ1n) is 8.78. The molecule has 0 N–H and O–H groups in total. The maximum atomic E-state index is 12.8. The predicted molar refractivity (Wildman–Crippen MR) is 94.6 cm³/mol. The van der Waals surface area contributed by atoms with Gasteiger partial charge in [-0.1, -0.05) is 41.5 Å². The molecule has 1 rings (SSSR count). The highest BCUT2D eigenvalue weighted by Crippen LogP contribution is 2.47. The lowest BCUT2D eigenvalue weighted by Gasteiger charge is -2.43. The van der Waals surface area contributed by atoms with E-state index in [1.54, 1.807) is 0 Å². The van der Waals surface area contributed by atoms with Crippen LogP contribution >= 0.6 is 0 Å². The quantitative estimate of drug-likeness (QED) is 0.547. The average molecular weight is 369 g/mol. The summed E-state index contributed by atoms with van der Waals surface area (Å²) in [6.07, 6.45) is -0.368. The minimum Gasteiger partial charge on any atom is -0.455 e. The molecular formula is C19H31NO6. The summed E-state index contributed by atoms with van der Waals surface area (Å²) in [4.78, 5) is 48.5. The zero-order chi connectivity index (χ0) is 20.5. The molecule has 0 spiro atoms. The molecule has 7 nitrogen and oxygen atoms in total. The van der Waals surface area contributed by atoms with E-state index in [9.17, 15) is 19.2 Å². The summed E-state index contributed by atoms with van der Waals surface area (Å²) in [6.45, 7) is 14.5. The standard InChI is InChI=1S/C19H31NO6/c1-12(21)26-15-9-13(22)20(15)14(23)10-25-16(24)19(8,18(5,6)7)11-17(2,3)4/h15H,9-11H2,1-8H3. The van der Waals surface area contributed by atoms with Gasteiger partial charge in [-0.05, 0) is 24.2 Å². The molecule has 0 aromatic carbocycles. The highest BCUT2D eigenvalue weighted by Gasteiger charge is 2.49. The Balaban J connectivity index is 2.80. The van der Waals surface area contributed by atoms with E-state index in [-0.39, 0.29) is 17.3 Å². The van der Waals surface area contributed by atoms with Crippen molar-refractivity contribution in [3.63, 3.8) is 0 Å². The number of imide groups is 1. The summed E-state index contributed by atoms with van der Waals surface area (Å²) in [5, 5.41) is 0. The molecule has 2 amide bonds. The molecule has 1 fully saturated rings. The Labute approximate surface area is 155 Å². The highest BCUT2D eigenvalue weighted by atomic mass is 16.6. The molecule has 1 aliphatic heterocycles. The number of ether oxygens (including phenoxy) is 2. The lowest BCUT2D eigenvalue weighted by Crippen LogP contribution is -2.58. The van der Waals surface area contributed by atoms with Crippen LogP contribution in [0, 0.1) is 16.2 Å². The van der Waals surface area contributed by atoms with Crippen molar-refractivity contribution in [2.24, 2.45) is 16.2 Å². The minimum absolute atomic E-state index is 0.0387. The van der Waals surface area contributed by atoms with Crippen molar-refractivity contribution in [3.05, 3.63) is 0 Å². The number of β-lactam (4-membered cyclic amide) rings is 1. The van der Waals surface area contributed by atoms with E-state index < -0.39 is 42.0 Å². The SMILES string of the molecule is CC(=O)OC1CC(=O)N1C(=O)COC(=O)C(C)(CC(C)(C)C)C(C)(C)C. The molecule has 0 saturated carbocycles. The van der Waals surface area contributed by atoms with E-state index in [2.05, 4.69) is 0 Å². The Kier molecular flexibility index (Phi) is 6.27. The Morgan fingerprint density at radius 3 is 2.00 bits per heavy atom. The fourth-order valence-corrected chi connectivity index (χ4v) is 3.03. The van der Waals surface area contributed by atoms with Gasteiger partial charge in [-0.15, -0.1) is 0 Å². The fourth-order valence-electron chi connectivity index (χ4n) is 3.03. The van der Waals surface area contributed by atoms with Gasteiger partial charge in [0.25, 0.3) is 5.91 Å². The van der Waals surface area contributed by atoms with Crippen LogP contribution in [0.5, 0.6) is 0 Å². The van der Waals surface area contributed by atoms with Gasteiger partial charge < -0.3 is 9.47 Å². The van der Waals surface area contributed by atoms with Crippen molar-refractivity contribution >= 4 is 23.8 Å². The number of hydrogen-bond donors (Lipinski definition) is 0. The summed E-state index contributed by atoms with van der Waals surface area (Å²) < 4.78 is 10.2. The number of likely N-dealkylation sites (tertiary alicyclic amines) is 1. The molecule has 0 aromatic heterocycles. The van der Waals surface area contributed by atoms with Crippen LogP contribution in [0.2, 0.25) is 0 Å². The first-order chi connectivity index (χ1) is 11.6. The first-order valence-corrected chi connectivity index (χ1v) is 8.78. The largest absolute Gasteiger partial charge is 0.455 e. The molecule has 0 aromatic rings. The maximum absolute atomic E-state index is 12.8. The van der Waals surface area contributed by atoms with E-state index in [1.165, 1.54) is 6.92 Å². The van der Waals surface area contributed by atoms with E-state index in [0.29, 0.717) is 6.42 Å². The Hall–Kier alpha value is -1.92. The van der Waals surface area contributed by atoms with Crippen LogP contribution in [0.25, 0.3) is 0 Å². The molecule has 2 atom stereocenters. The normalized spacial score (nSPS) is 20.1. The smallest absolute Gasteiger partial charge is 0.312 e. The van der Waals surface area contributed by atoms with Crippen LogP contribution in [-0.2, 0) is 28.7 Å². The monoisotopic (exact) mass is 369 g/mol. The number of nitrogens with zero attached hydrogens (tertiary/aromatic N) is 1. The lowest BCUT2D eigenvalue weighted by atomic mass is 9.61. The molecule has 2 unspecified atom stereocenters. The summed E-state index contributed by atoms with van der Waals surface area (Å²) >= 11 is 0. The lowest BCUT2D eigenvalue weighted by molar-refractivity contribution is -0.191. The van der Waals surface area contributed by atoms with Crippen molar-refractivity contribution < 1.29 is 28.7 Å². The van der Waals surface area contributed by atoms with Crippen molar-refractivity contribution in [1.29, 1.82) is 0 Å². The third-order valence-corrected chi connectivity index (χ3v) is 4.79. The number of carbonyl (C=O) groups is 4. The molecule has 1 heterocycles. The van der Waals surface area contributed by atoms with E-state index in [0.717, 1.165) is 4.90 Å². The number of rotatable bonds is 5. The fraction of sp³-hybridized carbons (Fsp3) is 0.789. The van der Waals surface area contributed by atoms with E-state index >= 15 is 0 Å². The van der Waals surface area contributed by atoms with Crippen molar-refractivity contribution in [2.75, 3.05) is 6.61 Å². The number of esters is 2. The summed E-state index contributed by atoms with van der Waals surface area (Å²) in [7, 11) is 0. The first kappa shape index (κ1) is 22.1. The van der Waals surface area contributed by atoms with Gasteiger partial charge in [0.2, 0.25) is 5.91 Å². The summed E-state index contributed by atoms with van der Waals surface area (Å²) in [5.41, 5.74) is -1.30. The van der Waals surface area contributed by atoms with Crippen LogP contribution < -0.4 is 0 Å². The summed E-state index contributed by atoms with van der Waals surface area (Å²) in [6, 6.07) is 0. The third kappa shape index (κ3) is 5.05. The van der Waals surface area contributed by atoms with Crippen molar-refractivity contribution in [1.82, 2.24) is 4.90 Å². The zero-order valence-electron chi connectivity index (χ0n) is 17.1. The van der Waals surface area contributed by atoms with Crippen LogP contribution in [0.4, 0.5) is 0 Å². The molecule has 0 bridgehead atoms. The Morgan fingerprint density at radius 1 is 1.08 bits per heavy atom. The third-order valence-electron chi connectivity index (χ3n) is 4.79. The van der Waals surface area contributed by atoms with Crippen molar-refractivity contribution in [2.45, 2.75) is 74.5 Å². The second-order valence-corrected chi connectivity index (χ2v) is 9.32. The average Bonchev–Trinajstić information content (AvgIpc) is 2.40. The highest BCUT2D eigenvalue weighted by molar-refractivity contribution is 6.01. The predicted octanol–water partition coefficient (Wildman–Crippen LogP) is 2.67. The molecule has 1 aliphatic rings. The second-order valence-electron chi connectivity index (χ2n) is 9.32. The van der Waals surface area contributed by atoms with Gasteiger partial charge in [-0.2, -0.15) is 0 Å². The number of hydrogen-bond acceptors (Lipinski definition) is 6. The molecule has 0 radical (unpaired) electrons. The molecule has 26 heavy (non-hydrogen) atoms.